The van der Waals surface area contributed by atoms with Gasteiger partial charge in [-0.1, -0.05) is 42.7 Å². The number of thioether (sulfide) groups is 1. The van der Waals surface area contributed by atoms with E-state index >= 15 is 0 Å². The number of hydrogen-bond donors (Lipinski definition) is 0. The fourth-order valence-electron chi connectivity index (χ4n) is 0.674. The van der Waals surface area contributed by atoms with Gasteiger partial charge in [-0.05, 0) is 31.1 Å². The van der Waals surface area contributed by atoms with E-state index in [1.165, 1.54) is 0 Å². The van der Waals surface area contributed by atoms with Crippen molar-refractivity contribution >= 4 is 11.8 Å². The summed E-state index contributed by atoms with van der Waals surface area (Å²) in [5.41, 5.74) is 0. The van der Waals surface area contributed by atoms with Crippen LogP contribution in [0.25, 0.3) is 0 Å². The normalized spacial score (nSPS) is 10.7. The summed E-state index contributed by atoms with van der Waals surface area (Å²) in [4.78, 5) is 1.11. The third-order valence-corrected chi connectivity index (χ3v) is 2.05. The average molecular weight is 214 g/mol. The molecule has 0 fully saturated rings. The molecule has 0 aliphatic heterocycles. The van der Waals surface area contributed by atoms with Crippen LogP contribution in [0.15, 0.2) is 47.9 Å². The van der Waals surface area contributed by atoms with E-state index in [4.69, 9.17) is 0 Å². The molecule has 0 bridgehead atoms. The van der Waals surface area contributed by atoms with Crippen LogP contribution in [0.5, 0.6) is 0 Å². The van der Waals surface area contributed by atoms with Crippen molar-refractivity contribution in [2.24, 2.45) is 0 Å². The fourth-order valence-corrected chi connectivity index (χ4v) is 1.07. The van der Waals surface area contributed by atoms with Gasteiger partial charge in [0.15, 0.2) is 0 Å². The molecule has 0 rings (SSSR count). The van der Waals surface area contributed by atoms with E-state index in [9.17, 15) is 0 Å². The third kappa shape index (κ3) is 8.75. The van der Waals surface area contributed by atoms with Crippen LogP contribution < -0.4 is 0 Å². The molecule has 0 unspecified atom stereocenters. The van der Waals surface area contributed by atoms with Crippen molar-refractivity contribution in [3.05, 3.63) is 47.9 Å². The molecular formula is C14H14S. The molecule has 0 atom stereocenters. The Morgan fingerprint density at radius 1 is 1.20 bits per heavy atom. The first-order valence-electron chi connectivity index (χ1n) is 4.47. The van der Waals surface area contributed by atoms with E-state index < -0.39 is 0 Å². The first-order chi connectivity index (χ1) is 7.35. The smallest absolute Gasteiger partial charge is 0.0153 e. The van der Waals surface area contributed by atoms with Crippen LogP contribution in [0.3, 0.4) is 0 Å². The third-order valence-electron chi connectivity index (χ3n) is 1.33. The lowest BCUT2D eigenvalue weighted by atomic mass is 10.4. The lowest BCUT2D eigenvalue weighted by molar-refractivity contribution is 1.85. The Kier molecular flexibility index (Phi) is 9.41. The second-order valence-corrected chi connectivity index (χ2v) is 3.25. The zero-order chi connectivity index (χ0) is 11.4. The SMILES string of the molecule is C=CC=CC=CC(=CC#CC#CC)SC. The molecule has 0 aromatic heterocycles. The minimum atomic E-state index is 1.11. The molecule has 1 heteroatoms. The average Bonchev–Trinajstić information content (AvgIpc) is 2.27. The van der Waals surface area contributed by atoms with E-state index in [0.717, 1.165) is 4.91 Å². The first kappa shape index (κ1) is 13.4. The molecule has 0 nitrogen and oxygen atoms in total. The van der Waals surface area contributed by atoms with Crippen LogP contribution in [0.2, 0.25) is 0 Å². The summed E-state index contributed by atoms with van der Waals surface area (Å²) in [6.45, 7) is 5.36. The fraction of sp³-hybridized carbons (Fsp3) is 0.143. The summed E-state index contributed by atoms with van der Waals surface area (Å²) in [5, 5.41) is 0. The van der Waals surface area contributed by atoms with Crippen LogP contribution >= 0.6 is 11.8 Å². The minimum Gasteiger partial charge on any atom is -0.129 e. The second kappa shape index (κ2) is 10.5. The van der Waals surface area contributed by atoms with E-state index in [-0.39, 0.29) is 0 Å². The van der Waals surface area contributed by atoms with Crippen LogP contribution in [0, 0.1) is 23.7 Å². The monoisotopic (exact) mass is 214 g/mol. The summed E-state index contributed by atoms with van der Waals surface area (Å²) in [6, 6.07) is 0. The summed E-state index contributed by atoms with van der Waals surface area (Å²) < 4.78 is 0. The zero-order valence-corrected chi connectivity index (χ0v) is 9.90. The lowest BCUT2D eigenvalue weighted by Crippen LogP contribution is -1.66. The van der Waals surface area contributed by atoms with Gasteiger partial charge in [0, 0.05) is 11.0 Å². The first-order valence-corrected chi connectivity index (χ1v) is 5.69. The maximum absolute atomic E-state index is 3.59. The van der Waals surface area contributed by atoms with Crippen molar-refractivity contribution in [3.8, 4) is 23.7 Å². The Morgan fingerprint density at radius 3 is 2.60 bits per heavy atom. The van der Waals surface area contributed by atoms with Gasteiger partial charge in [-0.3, -0.25) is 0 Å². The van der Waals surface area contributed by atoms with Gasteiger partial charge in [0.2, 0.25) is 0 Å². The van der Waals surface area contributed by atoms with E-state index in [2.05, 4.69) is 30.3 Å². The van der Waals surface area contributed by atoms with Crippen molar-refractivity contribution in [2.75, 3.05) is 6.26 Å². The van der Waals surface area contributed by atoms with Crippen LogP contribution in [-0.4, -0.2) is 6.26 Å². The standard InChI is InChI=1S/C14H14S/c1-4-6-8-10-12-14(15-3)13-11-9-7-5-2/h4,6,8,10,12-13H,1H2,2-3H3. The lowest BCUT2D eigenvalue weighted by Gasteiger charge is -1.90. The highest BCUT2D eigenvalue weighted by Gasteiger charge is 1.83. The molecule has 0 amide bonds. The number of rotatable bonds is 4. The van der Waals surface area contributed by atoms with E-state index in [1.54, 1.807) is 24.8 Å². The molecule has 0 N–H and O–H groups in total. The maximum Gasteiger partial charge on any atom is 0.0153 e. The summed E-state index contributed by atoms with van der Waals surface area (Å²) >= 11 is 1.65. The molecule has 0 aliphatic rings. The van der Waals surface area contributed by atoms with Gasteiger partial charge >= 0.3 is 0 Å². The topological polar surface area (TPSA) is 0 Å². The van der Waals surface area contributed by atoms with Crippen molar-refractivity contribution in [1.82, 2.24) is 0 Å². The van der Waals surface area contributed by atoms with Crippen molar-refractivity contribution < 1.29 is 0 Å². The number of hydrogen-bond acceptors (Lipinski definition) is 1. The quantitative estimate of drug-likeness (QED) is 0.509. The summed E-state index contributed by atoms with van der Waals surface area (Å²) in [7, 11) is 0. The van der Waals surface area contributed by atoms with E-state index in [1.807, 2.05) is 36.6 Å². The molecule has 0 aliphatic carbocycles. The molecule has 0 spiro atoms. The van der Waals surface area contributed by atoms with Gasteiger partial charge in [0.05, 0.1) is 0 Å². The van der Waals surface area contributed by atoms with Crippen LogP contribution in [-0.2, 0) is 0 Å². The predicted molar refractivity (Wildman–Crippen MR) is 71.3 cm³/mol. The molecule has 76 valence electrons. The molecule has 0 aromatic carbocycles. The highest BCUT2D eigenvalue weighted by molar-refractivity contribution is 8.02. The Morgan fingerprint density at radius 2 is 2.00 bits per heavy atom. The van der Waals surface area contributed by atoms with Crippen molar-refractivity contribution in [1.29, 1.82) is 0 Å². The Bertz CT molecular complexity index is 387. The Balaban J connectivity index is 4.42. The molecule has 0 saturated heterocycles. The zero-order valence-electron chi connectivity index (χ0n) is 9.08. The Labute approximate surface area is 96.8 Å². The van der Waals surface area contributed by atoms with Crippen LogP contribution in [0.4, 0.5) is 0 Å². The molecule has 0 aromatic rings. The Hall–Kier alpha value is -1.57. The maximum atomic E-state index is 3.59. The van der Waals surface area contributed by atoms with Gasteiger partial charge < -0.3 is 0 Å². The molecule has 0 saturated carbocycles. The summed E-state index contributed by atoms with van der Waals surface area (Å²) in [5.74, 6) is 11.0. The second-order valence-electron chi connectivity index (χ2n) is 2.37. The van der Waals surface area contributed by atoms with E-state index in [0.29, 0.717) is 0 Å². The van der Waals surface area contributed by atoms with Crippen molar-refractivity contribution in [3.63, 3.8) is 0 Å². The van der Waals surface area contributed by atoms with Gasteiger partial charge in [-0.15, -0.1) is 11.8 Å². The van der Waals surface area contributed by atoms with Gasteiger partial charge in [0.1, 0.15) is 0 Å². The molecule has 0 radical (unpaired) electrons. The highest BCUT2D eigenvalue weighted by atomic mass is 32.2. The van der Waals surface area contributed by atoms with Gasteiger partial charge in [0.25, 0.3) is 0 Å². The molecule has 15 heavy (non-hydrogen) atoms. The van der Waals surface area contributed by atoms with Crippen molar-refractivity contribution in [2.45, 2.75) is 6.92 Å². The molecular weight excluding hydrogens is 200 g/mol. The van der Waals surface area contributed by atoms with Gasteiger partial charge in [-0.25, -0.2) is 0 Å². The van der Waals surface area contributed by atoms with Crippen LogP contribution in [0.1, 0.15) is 6.92 Å². The number of allylic oxidation sites excluding steroid dienone is 6. The molecule has 0 heterocycles. The predicted octanol–water partition coefficient (Wildman–Crippen LogP) is 3.56. The van der Waals surface area contributed by atoms with Gasteiger partial charge in [-0.2, -0.15) is 0 Å². The summed E-state index contributed by atoms with van der Waals surface area (Å²) in [6.07, 6.45) is 13.4. The highest BCUT2D eigenvalue weighted by Crippen LogP contribution is 2.11. The minimum absolute atomic E-state index is 1.11. The largest absolute Gasteiger partial charge is 0.129 e.